The summed E-state index contributed by atoms with van der Waals surface area (Å²) in [7, 11) is 0. The number of anilines is 1. The number of aromatic nitrogens is 4. The maximum Gasteiger partial charge on any atom is 0.165 e. The molecular formula is C12H13N5O3. The minimum atomic E-state index is -1.05. The van der Waals surface area contributed by atoms with Crippen molar-refractivity contribution in [3.8, 4) is 0 Å². The first-order valence-corrected chi connectivity index (χ1v) is 6.35. The fourth-order valence-corrected chi connectivity index (χ4v) is 3.50. The SMILES string of the molecule is Nc1ncnc2c1ncn2[C@H]1[C@H](O)[C@H](O)[C@]2(C=O)C[C@H]12. The highest BCUT2D eigenvalue weighted by Crippen LogP contribution is 2.66. The molecule has 4 rings (SSSR count). The van der Waals surface area contributed by atoms with E-state index in [4.69, 9.17) is 5.73 Å². The molecule has 2 aromatic heterocycles. The third kappa shape index (κ3) is 1.18. The van der Waals surface area contributed by atoms with Crippen LogP contribution in [0.1, 0.15) is 12.5 Å². The number of aliphatic hydroxyl groups excluding tert-OH is 2. The van der Waals surface area contributed by atoms with Crippen LogP contribution in [-0.4, -0.2) is 48.2 Å². The molecule has 8 heteroatoms. The number of nitrogens with zero attached hydrogens (tertiary/aromatic N) is 4. The topological polar surface area (TPSA) is 127 Å². The lowest BCUT2D eigenvalue weighted by Gasteiger charge is -2.22. The molecule has 2 saturated carbocycles. The zero-order valence-corrected chi connectivity index (χ0v) is 10.4. The van der Waals surface area contributed by atoms with Crippen LogP contribution < -0.4 is 5.73 Å². The van der Waals surface area contributed by atoms with Crippen LogP contribution >= 0.6 is 0 Å². The number of nitrogen functional groups attached to an aromatic ring is 1. The number of hydrogen-bond donors (Lipinski definition) is 3. The van der Waals surface area contributed by atoms with Crippen LogP contribution in [0, 0.1) is 11.3 Å². The number of rotatable bonds is 2. The summed E-state index contributed by atoms with van der Waals surface area (Å²) in [6.07, 6.45) is 2.11. The van der Waals surface area contributed by atoms with E-state index in [0.717, 1.165) is 6.29 Å². The molecule has 0 aromatic carbocycles. The summed E-state index contributed by atoms with van der Waals surface area (Å²) in [5.74, 6) is 0.165. The summed E-state index contributed by atoms with van der Waals surface area (Å²) in [4.78, 5) is 23.4. The van der Waals surface area contributed by atoms with Crippen molar-refractivity contribution < 1.29 is 15.0 Å². The minimum absolute atomic E-state index is 0.0985. The molecule has 104 valence electrons. The van der Waals surface area contributed by atoms with Crippen molar-refractivity contribution in [1.82, 2.24) is 19.5 Å². The van der Waals surface area contributed by atoms with E-state index in [0.29, 0.717) is 17.6 Å². The minimum Gasteiger partial charge on any atom is -0.389 e. The molecular weight excluding hydrogens is 262 g/mol. The smallest absolute Gasteiger partial charge is 0.165 e. The van der Waals surface area contributed by atoms with Crippen molar-refractivity contribution in [3.05, 3.63) is 12.7 Å². The van der Waals surface area contributed by atoms with Crippen molar-refractivity contribution in [2.75, 3.05) is 5.73 Å². The predicted molar refractivity (Wildman–Crippen MR) is 67.4 cm³/mol. The van der Waals surface area contributed by atoms with Gasteiger partial charge in [-0.25, -0.2) is 15.0 Å². The average molecular weight is 275 g/mol. The Kier molecular flexibility index (Phi) is 2.07. The van der Waals surface area contributed by atoms with Gasteiger partial charge in [-0.3, -0.25) is 0 Å². The zero-order valence-electron chi connectivity index (χ0n) is 10.4. The van der Waals surface area contributed by atoms with E-state index in [1.807, 2.05) is 0 Å². The van der Waals surface area contributed by atoms with Gasteiger partial charge in [-0.15, -0.1) is 0 Å². The third-order valence-corrected chi connectivity index (χ3v) is 4.67. The molecule has 0 aliphatic heterocycles. The Morgan fingerprint density at radius 3 is 2.90 bits per heavy atom. The number of imidazole rings is 1. The highest BCUT2D eigenvalue weighted by Gasteiger charge is 2.71. The van der Waals surface area contributed by atoms with Gasteiger partial charge in [-0.1, -0.05) is 0 Å². The first-order chi connectivity index (χ1) is 9.60. The highest BCUT2D eigenvalue weighted by molar-refractivity contribution is 5.81. The highest BCUT2D eigenvalue weighted by atomic mass is 16.3. The van der Waals surface area contributed by atoms with Crippen molar-refractivity contribution >= 4 is 23.3 Å². The Morgan fingerprint density at radius 2 is 2.20 bits per heavy atom. The van der Waals surface area contributed by atoms with Crippen LogP contribution in [0.4, 0.5) is 5.82 Å². The Morgan fingerprint density at radius 1 is 1.40 bits per heavy atom. The first kappa shape index (κ1) is 11.7. The van der Waals surface area contributed by atoms with Gasteiger partial charge in [0.2, 0.25) is 0 Å². The molecule has 5 atom stereocenters. The average Bonchev–Trinajstić information content (AvgIpc) is 2.95. The number of carbonyl (C=O) groups is 1. The Labute approximate surface area is 113 Å². The zero-order chi connectivity index (χ0) is 14.1. The lowest BCUT2D eigenvalue weighted by Crippen LogP contribution is -2.34. The fourth-order valence-electron chi connectivity index (χ4n) is 3.50. The quantitative estimate of drug-likeness (QED) is 0.593. The number of carbonyl (C=O) groups excluding carboxylic acids is 1. The maximum atomic E-state index is 11.2. The van der Waals surface area contributed by atoms with Crippen molar-refractivity contribution in [2.24, 2.45) is 11.3 Å². The monoisotopic (exact) mass is 275 g/mol. The first-order valence-electron chi connectivity index (χ1n) is 6.35. The predicted octanol–water partition coefficient (Wildman–Crippen LogP) is -1.11. The van der Waals surface area contributed by atoms with Crippen LogP contribution in [0.15, 0.2) is 12.7 Å². The molecule has 0 bridgehead atoms. The summed E-state index contributed by atoms with van der Waals surface area (Å²) >= 11 is 0. The molecule has 2 fully saturated rings. The molecule has 0 spiro atoms. The van der Waals surface area contributed by atoms with Crippen molar-refractivity contribution in [1.29, 1.82) is 0 Å². The van der Waals surface area contributed by atoms with Gasteiger partial charge in [0.15, 0.2) is 11.5 Å². The van der Waals surface area contributed by atoms with Crippen molar-refractivity contribution in [3.63, 3.8) is 0 Å². The van der Waals surface area contributed by atoms with Crippen LogP contribution in [-0.2, 0) is 4.79 Å². The van der Waals surface area contributed by atoms with Crippen LogP contribution in [0.25, 0.3) is 11.2 Å². The molecule has 2 aromatic rings. The molecule has 0 radical (unpaired) electrons. The molecule has 0 amide bonds. The fraction of sp³-hybridized carbons (Fsp3) is 0.500. The van der Waals surface area contributed by atoms with Gasteiger partial charge in [-0.2, -0.15) is 0 Å². The van der Waals surface area contributed by atoms with Gasteiger partial charge in [0, 0.05) is 0 Å². The Hall–Kier alpha value is -2.06. The molecule has 0 unspecified atom stereocenters. The van der Waals surface area contributed by atoms with Crippen LogP contribution in [0.5, 0.6) is 0 Å². The Bertz CT molecular complexity index is 716. The lowest BCUT2D eigenvalue weighted by atomic mass is 10.0. The standard InChI is InChI=1S/C12H13N5O3/c13-10-6-11(15-3-14-10)17(4-16-6)7-5-1-12(5,2-18)9(20)8(7)19/h2-5,7-9,19-20H,1H2,(H2,13,14,15)/t5-,7-,8+,9+,12+/m1/s1. The number of nitrogens with two attached hydrogens (primary N) is 1. The number of fused-ring (bicyclic) bond motifs is 2. The van der Waals surface area contributed by atoms with E-state index in [9.17, 15) is 15.0 Å². The number of hydrogen-bond acceptors (Lipinski definition) is 7. The Balaban J connectivity index is 1.85. The molecule has 0 saturated heterocycles. The largest absolute Gasteiger partial charge is 0.389 e. The van der Waals surface area contributed by atoms with E-state index >= 15 is 0 Å². The van der Waals surface area contributed by atoms with E-state index in [1.165, 1.54) is 12.7 Å². The van der Waals surface area contributed by atoms with Gasteiger partial charge in [0.1, 0.15) is 24.2 Å². The van der Waals surface area contributed by atoms with E-state index in [-0.39, 0.29) is 11.7 Å². The molecule has 8 nitrogen and oxygen atoms in total. The second-order valence-corrected chi connectivity index (χ2v) is 5.55. The van der Waals surface area contributed by atoms with Crippen molar-refractivity contribution in [2.45, 2.75) is 24.7 Å². The second-order valence-electron chi connectivity index (χ2n) is 5.55. The van der Waals surface area contributed by atoms with Gasteiger partial charge in [0.05, 0.1) is 23.9 Å². The summed E-state index contributed by atoms with van der Waals surface area (Å²) in [6.45, 7) is 0. The van der Waals surface area contributed by atoms with E-state index in [2.05, 4.69) is 15.0 Å². The van der Waals surface area contributed by atoms with Gasteiger partial charge in [0.25, 0.3) is 0 Å². The second kappa shape index (κ2) is 3.53. The third-order valence-electron chi connectivity index (χ3n) is 4.67. The summed E-state index contributed by atoms with van der Waals surface area (Å²) in [5, 5.41) is 20.3. The summed E-state index contributed by atoms with van der Waals surface area (Å²) in [6, 6.07) is -0.422. The van der Waals surface area contributed by atoms with Gasteiger partial charge >= 0.3 is 0 Å². The molecule has 2 aliphatic carbocycles. The molecule has 4 N–H and O–H groups in total. The summed E-state index contributed by atoms with van der Waals surface area (Å²) in [5.41, 5.74) is 5.87. The molecule has 20 heavy (non-hydrogen) atoms. The normalized spacial score (nSPS) is 38.9. The van der Waals surface area contributed by atoms with E-state index in [1.54, 1.807) is 4.57 Å². The number of aldehydes is 1. The molecule has 2 heterocycles. The molecule has 2 aliphatic rings. The van der Waals surface area contributed by atoms with Crippen LogP contribution in [0.2, 0.25) is 0 Å². The summed E-state index contributed by atoms with van der Waals surface area (Å²) < 4.78 is 1.68. The van der Waals surface area contributed by atoms with Gasteiger partial charge in [-0.05, 0) is 12.3 Å². The van der Waals surface area contributed by atoms with Crippen LogP contribution in [0.3, 0.4) is 0 Å². The lowest BCUT2D eigenvalue weighted by molar-refractivity contribution is -0.117. The van der Waals surface area contributed by atoms with E-state index < -0.39 is 23.7 Å². The maximum absolute atomic E-state index is 11.2. The van der Waals surface area contributed by atoms with Gasteiger partial charge < -0.3 is 25.3 Å². The number of aliphatic hydroxyl groups is 2.